The highest BCUT2D eigenvalue weighted by molar-refractivity contribution is 5.76. The third-order valence-electron chi connectivity index (χ3n) is 3.57. The zero-order valence-electron chi connectivity index (χ0n) is 12.3. The fourth-order valence-corrected chi connectivity index (χ4v) is 2.31. The first-order chi connectivity index (χ1) is 9.01. The molecule has 5 heteroatoms. The van der Waals surface area contributed by atoms with Gasteiger partial charge in [-0.25, -0.2) is 4.79 Å². The van der Waals surface area contributed by atoms with Gasteiger partial charge in [-0.15, -0.1) is 0 Å². The number of carbonyl (C=O) groups excluding carboxylic acids is 1. The van der Waals surface area contributed by atoms with Crippen molar-refractivity contribution in [2.75, 3.05) is 13.1 Å². The quantitative estimate of drug-likeness (QED) is 0.737. The van der Waals surface area contributed by atoms with Gasteiger partial charge in [0.15, 0.2) is 0 Å². The van der Waals surface area contributed by atoms with Gasteiger partial charge in [0, 0.05) is 25.2 Å². The number of rotatable bonds is 8. The summed E-state index contributed by atoms with van der Waals surface area (Å²) in [5.74, 6) is -0.856. The summed E-state index contributed by atoms with van der Waals surface area (Å²) in [6.07, 6.45) is 4.24. The van der Waals surface area contributed by atoms with E-state index >= 15 is 0 Å². The Labute approximate surface area is 115 Å². The highest BCUT2D eigenvalue weighted by atomic mass is 16.4. The molecule has 1 aliphatic rings. The Morgan fingerprint density at radius 1 is 1.32 bits per heavy atom. The van der Waals surface area contributed by atoms with Crippen molar-refractivity contribution < 1.29 is 14.7 Å². The van der Waals surface area contributed by atoms with Gasteiger partial charge in [-0.1, -0.05) is 13.3 Å². The summed E-state index contributed by atoms with van der Waals surface area (Å²) in [6.45, 7) is 7.17. The summed E-state index contributed by atoms with van der Waals surface area (Å²) in [5, 5.41) is 8.86. The second-order valence-corrected chi connectivity index (χ2v) is 5.29. The minimum Gasteiger partial charge on any atom is -0.481 e. The van der Waals surface area contributed by atoms with Gasteiger partial charge in [0.05, 0.1) is 6.42 Å². The van der Waals surface area contributed by atoms with Crippen molar-refractivity contribution in [3.05, 3.63) is 0 Å². The molecule has 1 unspecified atom stereocenters. The fourth-order valence-electron chi connectivity index (χ4n) is 2.31. The lowest BCUT2D eigenvalue weighted by Crippen LogP contribution is -2.49. The summed E-state index contributed by atoms with van der Waals surface area (Å²) in [4.78, 5) is 27.0. The lowest BCUT2D eigenvalue weighted by molar-refractivity contribution is -0.138. The van der Waals surface area contributed by atoms with E-state index in [0.29, 0.717) is 12.6 Å². The van der Waals surface area contributed by atoms with Crippen LogP contribution in [-0.4, -0.2) is 52.1 Å². The van der Waals surface area contributed by atoms with E-state index < -0.39 is 5.97 Å². The van der Waals surface area contributed by atoms with Crippen LogP contribution < -0.4 is 0 Å². The monoisotopic (exact) mass is 270 g/mol. The Kier molecular flexibility index (Phi) is 6.12. The van der Waals surface area contributed by atoms with Gasteiger partial charge >= 0.3 is 12.0 Å². The van der Waals surface area contributed by atoms with Gasteiger partial charge in [-0.3, -0.25) is 4.79 Å². The molecule has 1 saturated carbocycles. The number of nitrogens with zero attached hydrogens (tertiary/aromatic N) is 2. The molecule has 110 valence electrons. The maximum atomic E-state index is 12.5. The van der Waals surface area contributed by atoms with Crippen LogP contribution in [0.5, 0.6) is 0 Å². The molecule has 1 N–H and O–H groups in total. The van der Waals surface area contributed by atoms with Gasteiger partial charge in [-0.05, 0) is 33.1 Å². The summed E-state index contributed by atoms with van der Waals surface area (Å²) in [5.41, 5.74) is 0. The maximum Gasteiger partial charge on any atom is 0.320 e. The standard InChI is InChI=1S/C14H26N2O3/c1-4-6-9-16(12-7-8-12)14(19)15(5-2)11(3)10-13(17)18/h11-12H,4-10H2,1-3H3,(H,17,18). The summed E-state index contributed by atoms with van der Waals surface area (Å²) >= 11 is 0. The molecule has 0 bridgehead atoms. The van der Waals surface area contributed by atoms with Crippen molar-refractivity contribution in [3.63, 3.8) is 0 Å². The zero-order chi connectivity index (χ0) is 14.4. The van der Waals surface area contributed by atoms with E-state index in [9.17, 15) is 9.59 Å². The van der Waals surface area contributed by atoms with Gasteiger partial charge in [0.25, 0.3) is 0 Å². The van der Waals surface area contributed by atoms with Crippen LogP contribution >= 0.6 is 0 Å². The Balaban J connectivity index is 2.65. The number of unbranched alkanes of at least 4 members (excludes halogenated alkanes) is 1. The van der Waals surface area contributed by atoms with Gasteiger partial charge in [-0.2, -0.15) is 0 Å². The average molecular weight is 270 g/mol. The number of aliphatic carboxylic acids is 1. The van der Waals surface area contributed by atoms with E-state index in [0.717, 1.165) is 32.2 Å². The van der Waals surface area contributed by atoms with Crippen LogP contribution in [0.3, 0.4) is 0 Å². The minimum atomic E-state index is -0.856. The summed E-state index contributed by atoms with van der Waals surface area (Å²) in [7, 11) is 0. The van der Waals surface area contributed by atoms with E-state index in [1.165, 1.54) is 0 Å². The Morgan fingerprint density at radius 2 is 1.95 bits per heavy atom. The van der Waals surface area contributed by atoms with Crippen molar-refractivity contribution >= 4 is 12.0 Å². The topological polar surface area (TPSA) is 60.9 Å². The van der Waals surface area contributed by atoms with Crippen LogP contribution in [0.15, 0.2) is 0 Å². The molecule has 0 aliphatic heterocycles. The van der Waals surface area contributed by atoms with Crippen LogP contribution in [0.25, 0.3) is 0 Å². The highest BCUT2D eigenvalue weighted by Gasteiger charge is 2.35. The van der Waals surface area contributed by atoms with E-state index in [1.807, 2.05) is 11.8 Å². The maximum absolute atomic E-state index is 12.5. The molecular weight excluding hydrogens is 244 g/mol. The predicted molar refractivity (Wildman–Crippen MR) is 74.1 cm³/mol. The third kappa shape index (κ3) is 4.73. The van der Waals surface area contributed by atoms with E-state index in [-0.39, 0.29) is 18.5 Å². The number of hydrogen-bond acceptors (Lipinski definition) is 2. The largest absolute Gasteiger partial charge is 0.481 e. The fraction of sp³-hybridized carbons (Fsp3) is 0.857. The summed E-state index contributed by atoms with van der Waals surface area (Å²) in [6, 6.07) is 0.134. The normalized spacial score (nSPS) is 15.9. The van der Waals surface area contributed by atoms with Crippen LogP contribution in [0.4, 0.5) is 4.79 Å². The van der Waals surface area contributed by atoms with Gasteiger partial charge in [0.2, 0.25) is 0 Å². The first kappa shape index (κ1) is 15.8. The second kappa shape index (κ2) is 7.36. The van der Waals surface area contributed by atoms with Crippen molar-refractivity contribution in [1.82, 2.24) is 9.80 Å². The molecule has 0 aromatic rings. The molecule has 5 nitrogen and oxygen atoms in total. The first-order valence-corrected chi connectivity index (χ1v) is 7.30. The molecule has 0 saturated heterocycles. The van der Waals surface area contributed by atoms with Gasteiger partial charge in [0.1, 0.15) is 0 Å². The Hall–Kier alpha value is -1.26. The molecule has 1 atom stereocenters. The van der Waals surface area contributed by atoms with Crippen molar-refractivity contribution in [1.29, 1.82) is 0 Å². The molecule has 0 aromatic carbocycles. The average Bonchev–Trinajstić information content (AvgIpc) is 3.14. The minimum absolute atomic E-state index is 0.00582. The van der Waals surface area contributed by atoms with Crippen LogP contribution in [0, 0.1) is 0 Å². The zero-order valence-corrected chi connectivity index (χ0v) is 12.3. The third-order valence-corrected chi connectivity index (χ3v) is 3.57. The molecular formula is C14H26N2O3. The molecule has 2 amide bonds. The van der Waals surface area contributed by atoms with Crippen molar-refractivity contribution in [2.24, 2.45) is 0 Å². The predicted octanol–water partition coefficient (Wildman–Crippen LogP) is 2.56. The molecule has 1 fully saturated rings. The smallest absolute Gasteiger partial charge is 0.320 e. The van der Waals surface area contributed by atoms with E-state index in [1.54, 1.807) is 11.8 Å². The molecule has 0 spiro atoms. The van der Waals surface area contributed by atoms with Crippen LogP contribution in [0.1, 0.15) is 52.9 Å². The number of carboxylic acid groups (broad SMARTS) is 1. The molecule has 1 aliphatic carbocycles. The molecule has 19 heavy (non-hydrogen) atoms. The Bertz CT molecular complexity index is 316. The van der Waals surface area contributed by atoms with Gasteiger partial charge < -0.3 is 14.9 Å². The SMILES string of the molecule is CCCCN(C(=O)N(CC)C(C)CC(=O)O)C1CC1. The Morgan fingerprint density at radius 3 is 2.37 bits per heavy atom. The van der Waals surface area contributed by atoms with E-state index in [4.69, 9.17) is 5.11 Å². The molecule has 1 rings (SSSR count). The van der Waals surface area contributed by atoms with Crippen molar-refractivity contribution in [3.8, 4) is 0 Å². The number of carbonyl (C=O) groups is 2. The lowest BCUT2D eigenvalue weighted by Gasteiger charge is -2.33. The number of amides is 2. The van der Waals surface area contributed by atoms with Crippen LogP contribution in [0.2, 0.25) is 0 Å². The summed E-state index contributed by atoms with van der Waals surface area (Å²) < 4.78 is 0. The number of hydrogen-bond donors (Lipinski definition) is 1. The number of urea groups is 1. The molecule has 0 heterocycles. The highest BCUT2D eigenvalue weighted by Crippen LogP contribution is 2.28. The molecule has 0 aromatic heterocycles. The lowest BCUT2D eigenvalue weighted by atomic mass is 10.2. The van der Waals surface area contributed by atoms with E-state index in [2.05, 4.69) is 6.92 Å². The van der Waals surface area contributed by atoms with Crippen molar-refractivity contribution in [2.45, 2.75) is 65.0 Å². The molecule has 0 radical (unpaired) electrons. The second-order valence-electron chi connectivity index (χ2n) is 5.29. The number of carboxylic acids is 1. The first-order valence-electron chi connectivity index (χ1n) is 7.30. The van der Waals surface area contributed by atoms with Crippen LogP contribution in [-0.2, 0) is 4.79 Å².